The second kappa shape index (κ2) is 7.68. The SMILES string of the molecule is CN1CCN(S(=O)(=O)N2CCN(Cc3ccccc3Cl)CC2)CC1. The van der Waals surface area contributed by atoms with Gasteiger partial charge in [0.05, 0.1) is 0 Å². The lowest BCUT2D eigenvalue weighted by Crippen LogP contribution is -2.56. The molecule has 0 saturated carbocycles. The van der Waals surface area contributed by atoms with Crippen LogP contribution in [0.25, 0.3) is 0 Å². The Kier molecular flexibility index (Phi) is 5.79. The smallest absolute Gasteiger partial charge is 0.282 e. The van der Waals surface area contributed by atoms with E-state index in [1.54, 1.807) is 8.61 Å². The zero-order chi connectivity index (χ0) is 17.2. The van der Waals surface area contributed by atoms with Crippen molar-refractivity contribution in [2.24, 2.45) is 0 Å². The van der Waals surface area contributed by atoms with E-state index in [4.69, 9.17) is 11.6 Å². The molecule has 0 bridgehead atoms. The highest BCUT2D eigenvalue weighted by Crippen LogP contribution is 2.19. The van der Waals surface area contributed by atoms with Crippen molar-refractivity contribution >= 4 is 21.8 Å². The first kappa shape index (κ1) is 18.1. The molecule has 0 spiro atoms. The second-order valence-corrected chi connectivity index (χ2v) is 8.81. The molecule has 2 heterocycles. The number of halogens is 1. The molecule has 2 fully saturated rings. The number of hydrogen-bond acceptors (Lipinski definition) is 4. The zero-order valence-electron chi connectivity index (χ0n) is 14.1. The van der Waals surface area contributed by atoms with Gasteiger partial charge in [0.15, 0.2) is 0 Å². The minimum Gasteiger partial charge on any atom is -0.304 e. The number of rotatable bonds is 4. The van der Waals surface area contributed by atoms with Crippen molar-refractivity contribution in [2.45, 2.75) is 6.54 Å². The monoisotopic (exact) mass is 372 g/mol. The fourth-order valence-corrected chi connectivity index (χ4v) is 4.94. The maximum absolute atomic E-state index is 12.8. The molecule has 2 aliphatic rings. The van der Waals surface area contributed by atoms with Gasteiger partial charge in [0.1, 0.15) is 0 Å². The van der Waals surface area contributed by atoms with Crippen LogP contribution in [0.1, 0.15) is 5.56 Å². The Balaban J connectivity index is 1.55. The molecule has 134 valence electrons. The van der Waals surface area contributed by atoms with Crippen LogP contribution in [-0.4, -0.2) is 86.2 Å². The topological polar surface area (TPSA) is 47.1 Å². The first-order valence-corrected chi connectivity index (χ1v) is 10.1. The van der Waals surface area contributed by atoms with Crippen molar-refractivity contribution in [1.29, 1.82) is 0 Å². The number of nitrogens with zero attached hydrogens (tertiary/aromatic N) is 4. The Bertz CT molecular complexity index is 654. The molecule has 0 aliphatic carbocycles. The van der Waals surface area contributed by atoms with E-state index in [1.807, 2.05) is 31.3 Å². The van der Waals surface area contributed by atoms with Gasteiger partial charge in [-0.25, -0.2) is 0 Å². The van der Waals surface area contributed by atoms with Crippen LogP contribution in [0.2, 0.25) is 5.02 Å². The largest absolute Gasteiger partial charge is 0.304 e. The molecule has 1 aromatic carbocycles. The average Bonchev–Trinajstić information content (AvgIpc) is 2.58. The van der Waals surface area contributed by atoms with Crippen molar-refractivity contribution < 1.29 is 8.42 Å². The molecule has 3 rings (SSSR count). The van der Waals surface area contributed by atoms with E-state index in [0.29, 0.717) is 26.2 Å². The molecule has 1 aromatic rings. The van der Waals surface area contributed by atoms with Gasteiger partial charge in [-0.05, 0) is 18.7 Å². The Morgan fingerprint density at radius 1 is 0.917 bits per heavy atom. The van der Waals surface area contributed by atoms with Gasteiger partial charge in [-0.2, -0.15) is 17.0 Å². The van der Waals surface area contributed by atoms with E-state index in [1.165, 1.54) is 0 Å². The van der Waals surface area contributed by atoms with E-state index in [2.05, 4.69) is 9.80 Å². The lowest BCUT2D eigenvalue weighted by atomic mass is 10.2. The first-order chi connectivity index (χ1) is 11.5. The van der Waals surface area contributed by atoms with Crippen LogP contribution in [0.5, 0.6) is 0 Å². The predicted molar refractivity (Wildman–Crippen MR) is 96.3 cm³/mol. The molecule has 0 aromatic heterocycles. The lowest BCUT2D eigenvalue weighted by Gasteiger charge is -2.39. The van der Waals surface area contributed by atoms with Gasteiger partial charge in [-0.1, -0.05) is 29.8 Å². The van der Waals surface area contributed by atoms with Gasteiger partial charge in [0, 0.05) is 63.9 Å². The highest BCUT2D eigenvalue weighted by Gasteiger charge is 2.33. The molecule has 0 atom stereocenters. The molecule has 2 aliphatic heterocycles. The summed E-state index contributed by atoms with van der Waals surface area (Å²) in [5, 5.41) is 0.769. The van der Waals surface area contributed by atoms with E-state index >= 15 is 0 Å². The number of piperazine rings is 2. The lowest BCUT2D eigenvalue weighted by molar-refractivity contribution is 0.165. The Labute approximate surface area is 149 Å². The minimum atomic E-state index is -3.33. The third-order valence-electron chi connectivity index (χ3n) is 4.80. The number of hydrogen-bond donors (Lipinski definition) is 0. The molecular formula is C16H25ClN4O2S. The fourth-order valence-electron chi connectivity index (χ4n) is 3.17. The van der Waals surface area contributed by atoms with Gasteiger partial charge >= 0.3 is 0 Å². The summed E-state index contributed by atoms with van der Waals surface area (Å²) in [6.07, 6.45) is 0. The first-order valence-electron chi connectivity index (χ1n) is 8.36. The van der Waals surface area contributed by atoms with E-state index in [9.17, 15) is 8.42 Å². The van der Waals surface area contributed by atoms with Gasteiger partial charge in [-0.15, -0.1) is 0 Å². The highest BCUT2D eigenvalue weighted by atomic mass is 35.5. The summed E-state index contributed by atoms with van der Waals surface area (Å²) in [5.41, 5.74) is 1.09. The Hall–Kier alpha value is -0.700. The normalized spacial score (nSPS) is 22.8. The van der Waals surface area contributed by atoms with E-state index < -0.39 is 10.2 Å². The number of likely N-dealkylation sites (N-methyl/N-ethyl adjacent to an activating group) is 1. The van der Waals surface area contributed by atoms with Crippen molar-refractivity contribution in [3.63, 3.8) is 0 Å². The van der Waals surface area contributed by atoms with Crippen LogP contribution in [0.3, 0.4) is 0 Å². The van der Waals surface area contributed by atoms with Crippen molar-refractivity contribution in [1.82, 2.24) is 18.4 Å². The molecular weight excluding hydrogens is 348 g/mol. The molecule has 24 heavy (non-hydrogen) atoms. The summed E-state index contributed by atoms with van der Waals surface area (Å²) in [7, 11) is -1.30. The second-order valence-electron chi connectivity index (χ2n) is 6.48. The molecule has 2 saturated heterocycles. The predicted octanol–water partition coefficient (Wildman–Crippen LogP) is 0.950. The molecule has 0 N–H and O–H groups in total. The molecule has 8 heteroatoms. The summed E-state index contributed by atoms with van der Waals surface area (Å²) < 4.78 is 28.8. The molecule has 6 nitrogen and oxygen atoms in total. The van der Waals surface area contributed by atoms with E-state index in [0.717, 1.165) is 43.3 Å². The maximum Gasteiger partial charge on any atom is 0.282 e. The quantitative estimate of drug-likeness (QED) is 0.789. The van der Waals surface area contributed by atoms with Gasteiger partial charge in [-0.3, -0.25) is 4.90 Å². The Morgan fingerprint density at radius 3 is 2.04 bits per heavy atom. The highest BCUT2D eigenvalue weighted by molar-refractivity contribution is 7.86. The van der Waals surface area contributed by atoms with Crippen molar-refractivity contribution in [3.8, 4) is 0 Å². The zero-order valence-corrected chi connectivity index (χ0v) is 15.6. The standard InChI is InChI=1S/C16H25ClN4O2S/c1-18-6-10-20(11-7-18)24(22,23)21-12-8-19(9-13-21)14-15-4-2-3-5-16(15)17/h2-5H,6-14H2,1H3. The van der Waals surface area contributed by atoms with Crippen LogP contribution in [-0.2, 0) is 16.8 Å². The van der Waals surface area contributed by atoms with E-state index in [-0.39, 0.29) is 0 Å². The summed E-state index contributed by atoms with van der Waals surface area (Å²) in [5.74, 6) is 0. The third kappa shape index (κ3) is 4.09. The van der Waals surface area contributed by atoms with Gasteiger partial charge in [0.25, 0.3) is 10.2 Å². The fraction of sp³-hybridized carbons (Fsp3) is 0.625. The summed E-state index contributed by atoms with van der Waals surface area (Å²) in [6, 6.07) is 7.82. The summed E-state index contributed by atoms with van der Waals surface area (Å²) >= 11 is 6.21. The number of benzene rings is 1. The summed E-state index contributed by atoms with van der Waals surface area (Å²) in [6.45, 7) is 6.07. The van der Waals surface area contributed by atoms with Crippen LogP contribution in [0.4, 0.5) is 0 Å². The van der Waals surface area contributed by atoms with Gasteiger partial charge in [0.2, 0.25) is 0 Å². The van der Waals surface area contributed by atoms with Gasteiger partial charge < -0.3 is 4.90 Å². The molecule has 0 radical (unpaired) electrons. The Morgan fingerprint density at radius 2 is 1.46 bits per heavy atom. The molecule has 0 unspecified atom stereocenters. The maximum atomic E-state index is 12.8. The van der Waals surface area contributed by atoms with Crippen molar-refractivity contribution in [2.75, 3.05) is 59.4 Å². The van der Waals surface area contributed by atoms with Crippen LogP contribution in [0, 0.1) is 0 Å². The summed E-state index contributed by atoms with van der Waals surface area (Å²) in [4.78, 5) is 4.42. The van der Waals surface area contributed by atoms with Crippen LogP contribution < -0.4 is 0 Å². The third-order valence-corrected chi connectivity index (χ3v) is 7.20. The van der Waals surface area contributed by atoms with Crippen LogP contribution in [0.15, 0.2) is 24.3 Å². The van der Waals surface area contributed by atoms with Crippen molar-refractivity contribution in [3.05, 3.63) is 34.9 Å². The van der Waals surface area contributed by atoms with Crippen LogP contribution >= 0.6 is 11.6 Å². The molecule has 0 amide bonds. The average molecular weight is 373 g/mol. The minimum absolute atomic E-state index is 0.541.